The number of aliphatic hydroxyl groups is 2. The van der Waals surface area contributed by atoms with E-state index in [0.717, 1.165) is 5.56 Å². The highest BCUT2D eigenvalue weighted by molar-refractivity contribution is 5.96. The van der Waals surface area contributed by atoms with Crippen LogP contribution < -0.4 is 20.5 Å². The maximum absolute atomic E-state index is 11.9. The third-order valence-electron chi connectivity index (χ3n) is 6.83. The van der Waals surface area contributed by atoms with Gasteiger partial charge in [-0.3, -0.25) is 19.2 Å². The number of carboxylic acids is 3. The van der Waals surface area contributed by atoms with Crippen LogP contribution >= 0.6 is 0 Å². The molecule has 17 nitrogen and oxygen atoms in total. The van der Waals surface area contributed by atoms with Gasteiger partial charge in [-0.1, -0.05) is 36.4 Å². The molecule has 0 fully saturated rings. The molecule has 0 aliphatic rings. The summed E-state index contributed by atoms with van der Waals surface area (Å²) in [5.41, 5.74) is 6.78. The Morgan fingerprint density at radius 2 is 1.08 bits per heavy atom. The van der Waals surface area contributed by atoms with Crippen molar-refractivity contribution in [3.8, 4) is 23.0 Å². The maximum Gasteiger partial charge on any atom is 0.335 e. The minimum atomic E-state index is -1.38. The molecule has 4 rings (SSSR count). The quantitative estimate of drug-likeness (QED) is 0.0786. The molecule has 4 aromatic carbocycles. The standard InChI is InChI=1S/C18H17NO7.C15H12O5.C3H7NO3/c20-8-13-15(22)2-1-3-16(13)26-10-11-4-6-12(7-5-11)17(23)19-14(9-21)18(24)25;16-8-12-13(17)2-1-3-14(12)20-9-10-4-6-11(7-5-10)15(18)19;4-2(1-5)3(6)7/h1-8,14,21-22H,9-10H2,(H,19,23)(H,24,25);1-8,17H,9H2,(H,18,19);2,5H,1,4H2,(H,6,7)/t14-;;2-/m0.0/s1. The maximum atomic E-state index is 11.9. The number of aromatic hydroxyl groups is 2. The molecule has 17 heteroatoms. The summed E-state index contributed by atoms with van der Waals surface area (Å²) in [5.74, 6) is -3.94. The Morgan fingerprint density at radius 1 is 0.642 bits per heavy atom. The fourth-order valence-corrected chi connectivity index (χ4v) is 3.88. The van der Waals surface area contributed by atoms with Crippen LogP contribution in [0.2, 0.25) is 0 Å². The molecular weight excluding hydrogens is 700 g/mol. The van der Waals surface area contributed by atoms with Crippen molar-refractivity contribution in [2.75, 3.05) is 13.2 Å². The molecule has 4 aromatic rings. The number of carboxylic acid groups (broad SMARTS) is 3. The number of hydrogen-bond acceptors (Lipinski definition) is 13. The van der Waals surface area contributed by atoms with Gasteiger partial charge in [-0.2, -0.15) is 0 Å². The number of benzene rings is 4. The van der Waals surface area contributed by atoms with Crippen LogP contribution in [0.4, 0.5) is 0 Å². The first-order valence-electron chi connectivity index (χ1n) is 15.2. The van der Waals surface area contributed by atoms with Crippen LogP contribution in [0.5, 0.6) is 23.0 Å². The number of carbonyl (C=O) groups excluding carboxylic acids is 3. The van der Waals surface area contributed by atoms with Gasteiger partial charge in [-0.25, -0.2) is 9.59 Å². The van der Waals surface area contributed by atoms with Gasteiger partial charge in [-0.15, -0.1) is 0 Å². The van der Waals surface area contributed by atoms with Crippen molar-refractivity contribution in [3.05, 3.63) is 118 Å². The van der Waals surface area contributed by atoms with Gasteiger partial charge in [0.1, 0.15) is 42.3 Å². The number of amides is 1. The van der Waals surface area contributed by atoms with Crippen molar-refractivity contribution >= 4 is 36.4 Å². The topological polar surface area (TPSA) is 301 Å². The van der Waals surface area contributed by atoms with E-state index in [-0.39, 0.29) is 58.5 Å². The van der Waals surface area contributed by atoms with E-state index >= 15 is 0 Å². The number of aldehydes is 2. The van der Waals surface area contributed by atoms with E-state index < -0.39 is 49.1 Å². The molecule has 0 aliphatic heterocycles. The van der Waals surface area contributed by atoms with Gasteiger partial charge in [0.2, 0.25) is 0 Å². The van der Waals surface area contributed by atoms with E-state index in [1.165, 1.54) is 36.4 Å². The minimum Gasteiger partial charge on any atom is -0.507 e. The summed E-state index contributed by atoms with van der Waals surface area (Å²) < 4.78 is 11.0. The molecule has 0 aliphatic carbocycles. The number of aromatic carboxylic acids is 1. The molecule has 0 radical (unpaired) electrons. The van der Waals surface area contributed by atoms with Crippen LogP contribution in [0.3, 0.4) is 0 Å². The highest BCUT2D eigenvalue weighted by Crippen LogP contribution is 2.27. The smallest absolute Gasteiger partial charge is 0.335 e. The van der Waals surface area contributed by atoms with Crippen molar-refractivity contribution < 1.29 is 74.0 Å². The number of nitrogens with two attached hydrogens (primary N) is 1. The molecule has 0 aromatic heterocycles. The number of aliphatic hydroxyl groups excluding tert-OH is 2. The number of hydrogen-bond donors (Lipinski definition) is 9. The molecule has 0 spiro atoms. The summed E-state index contributed by atoms with van der Waals surface area (Å²) in [6.07, 6.45) is 1.02. The van der Waals surface area contributed by atoms with Crippen molar-refractivity contribution in [1.29, 1.82) is 0 Å². The molecular formula is C36H36N2O15. The molecule has 1 amide bonds. The number of carbonyl (C=O) groups is 6. The molecule has 0 unspecified atom stereocenters. The first kappa shape index (κ1) is 42.3. The van der Waals surface area contributed by atoms with Crippen LogP contribution in [0, 0.1) is 0 Å². The van der Waals surface area contributed by atoms with E-state index in [1.807, 2.05) is 0 Å². The van der Waals surface area contributed by atoms with Crippen molar-refractivity contribution in [3.63, 3.8) is 0 Å². The average molecular weight is 737 g/mol. The third-order valence-corrected chi connectivity index (χ3v) is 6.83. The fraction of sp³-hybridized carbons (Fsp3) is 0.167. The highest BCUT2D eigenvalue weighted by Gasteiger charge is 2.19. The van der Waals surface area contributed by atoms with Gasteiger partial charge in [-0.05, 0) is 59.7 Å². The first-order valence-corrected chi connectivity index (χ1v) is 15.2. The van der Waals surface area contributed by atoms with Gasteiger partial charge in [0.15, 0.2) is 18.6 Å². The zero-order chi connectivity index (χ0) is 39.5. The van der Waals surface area contributed by atoms with Crippen LogP contribution in [0.25, 0.3) is 0 Å². The zero-order valence-electron chi connectivity index (χ0n) is 27.7. The number of rotatable bonds is 15. The normalized spacial score (nSPS) is 11.2. The molecule has 0 heterocycles. The Bertz CT molecular complexity index is 1860. The Balaban J connectivity index is 0.000000318. The first-order chi connectivity index (χ1) is 25.3. The SMILES string of the molecule is N[C@@H](CO)C(=O)O.O=Cc1c(O)cccc1OCc1ccc(C(=O)N[C@@H](CO)C(=O)O)cc1.O=Cc1c(O)cccc1OCc1ccc(C(=O)O)cc1. The molecule has 0 saturated heterocycles. The second-order valence-corrected chi connectivity index (χ2v) is 10.6. The number of aliphatic carboxylic acids is 2. The van der Waals surface area contributed by atoms with Gasteiger partial charge in [0.25, 0.3) is 5.91 Å². The Hall–Kier alpha value is -6.82. The molecule has 10 N–H and O–H groups in total. The lowest BCUT2D eigenvalue weighted by molar-refractivity contribution is -0.140. The van der Waals surface area contributed by atoms with Gasteiger partial charge < -0.3 is 56.3 Å². The second-order valence-electron chi connectivity index (χ2n) is 10.6. The number of nitrogens with one attached hydrogen (secondary N) is 1. The van der Waals surface area contributed by atoms with Crippen molar-refractivity contribution in [1.82, 2.24) is 5.32 Å². The summed E-state index contributed by atoms with van der Waals surface area (Å²) in [6, 6.07) is 18.9. The molecule has 280 valence electrons. The predicted molar refractivity (Wildman–Crippen MR) is 184 cm³/mol. The monoisotopic (exact) mass is 736 g/mol. The van der Waals surface area contributed by atoms with Crippen molar-refractivity contribution in [2.45, 2.75) is 25.3 Å². The molecule has 2 atom stereocenters. The lowest BCUT2D eigenvalue weighted by Gasteiger charge is -2.12. The van der Waals surface area contributed by atoms with Crippen LogP contribution in [-0.4, -0.2) is 97.4 Å². The van der Waals surface area contributed by atoms with Crippen LogP contribution in [0.1, 0.15) is 52.6 Å². The average Bonchev–Trinajstić information content (AvgIpc) is 3.15. The van der Waals surface area contributed by atoms with E-state index in [4.69, 9.17) is 40.7 Å². The summed E-state index contributed by atoms with van der Waals surface area (Å²) in [4.78, 5) is 65.0. The van der Waals surface area contributed by atoms with E-state index in [2.05, 4.69) is 5.32 Å². The Morgan fingerprint density at radius 3 is 1.40 bits per heavy atom. The van der Waals surface area contributed by atoms with Crippen molar-refractivity contribution in [2.24, 2.45) is 5.73 Å². The summed E-state index contributed by atoms with van der Waals surface area (Å²) >= 11 is 0. The fourth-order valence-electron chi connectivity index (χ4n) is 3.88. The Kier molecular flexibility index (Phi) is 17.1. The lowest BCUT2D eigenvalue weighted by atomic mass is 10.1. The zero-order valence-corrected chi connectivity index (χ0v) is 27.7. The number of phenols is 2. The number of phenolic OH excluding ortho intramolecular Hbond substituents is 2. The van der Waals surface area contributed by atoms with E-state index in [1.54, 1.807) is 48.5 Å². The summed E-state index contributed by atoms with van der Waals surface area (Å²) in [7, 11) is 0. The largest absolute Gasteiger partial charge is 0.507 e. The second kappa shape index (κ2) is 21.4. The van der Waals surface area contributed by atoms with Gasteiger partial charge >= 0.3 is 17.9 Å². The lowest BCUT2D eigenvalue weighted by Crippen LogP contribution is -2.43. The summed E-state index contributed by atoms with van der Waals surface area (Å²) in [6.45, 7) is -0.948. The highest BCUT2D eigenvalue weighted by atomic mass is 16.5. The minimum absolute atomic E-state index is 0.0483. The predicted octanol–water partition coefficient (Wildman–Crippen LogP) is 1.83. The Labute approximate surface area is 301 Å². The van der Waals surface area contributed by atoms with E-state index in [9.17, 15) is 39.0 Å². The number of ether oxygens (including phenoxy) is 2. The molecule has 0 bridgehead atoms. The summed E-state index contributed by atoms with van der Waals surface area (Å²) in [5, 5.41) is 63.7. The molecule has 53 heavy (non-hydrogen) atoms. The van der Waals surface area contributed by atoms with Crippen LogP contribution in [-0.2, 0) is 22.8 Å². The van der Waals surface area contributed by atoms with Crippen LogP contribution in [0.15, 0.2) is 84.9 Å². The third kappa shape index (κ3) is 13.4. The van der Waals surface area contributed by atoms with E-state index in [0.29, 0.717) is 18.1 Å². The molecule has 0 saturated carbocycles. The van der Waals surface area contributed by atoms with Gasteiger partial charge in [0.05, 0.1) is 29.9 Å². The van der Waals surface area contributed by atoms with Gasteiger partial charge in [0, 0.05) is 5.56 Å².